The summed E-state index contributed by atoms with van der Waals surface area (Å²) in [7, 11) is 0. The molecule has 5 nitrogen and oxygen atoms in total. The zero-order valence-corrected chi connectivity index (χ0v) is 31.3. The van der Waals surface area contributed by atoms with Gasteiger partial charge in [-0.05, 0) is 81.9 Å². The van der Waals surface area contributed by atoms with Gasteiger partial charge >= 0.3 is 0 Å². The van der Waals surface area contributed by atoms with Crippen LogP contribution in [-0.2, 0) is 0 Å². The molecule has 0 saturated heterocycles. The van der Waals surface area contributed by atoms with E-state index in [0.29, 0.717) is 5.56 Å². The molecule has 0 radical (unpaired) electrons. The number of para-hydroxylation sites is 3. The highest BCUT2D eigenvalue weighted by Gasteiger charge is 2.28. The van der Waals surface area contributed by atoms with Crippen LogP contribution in [0.5, 0.6) is 0 Å². The van der Waals surface area contributed by atoms with Crippen LogP contribution in [-0.4, -0.2) is 15.0 Å². The highest BCUT2D eigenvalue weighted by Crippen LogP contribution is 2.42. The Morgan fingerprint density at radius 2 is 1.09 bits per heavy atom. The fourth-order valence-corrected chi connectivity index (χ4v) is 9.34. The molecule has 0 spiro atoms. The number of hydrogen-bond acceptors (Lipinski definition) is 3. The van der Waals surface area contributed by atoms with Gasteiger partial charge in [0.15, 0.2) is 0 Å². The number of rotatable bonds is 3. The van der Waals surface area contributed by atoms with Crippen molar-refractivity contribution in [1.82, 2.24) is 9.13 Å². The highest BCUT2D eigenvalue weighted by molar-refractivity contribution is 6.22. The smallest absolute Gasteiger partial charge is 0.147 e. The molecule has 0 fully saturated rings. The third-order valence-electron chi connectivity index (χ3n) is 12.0. The summed E-state index contributed by atoms with van der Waals surface area (Å²) in [5, 5.41) is 22.9. The van der Waals surface area contributed by atoms with Crippen molar-refractivity contribution in [3.8, 4) is 22.9 Å². The van der Waals surface area contributed by atoms with Gasteiger partial charge in [0.25, 0.3) is 0 Å². The lowest BCUT2D eigenvalue weighted by atomic mass is 9.96. The maximum absolute atomic E-state index is 10.0. The first kappa shape index (κ1) is 32.3. The van der Waals surface area contributed by atoms with Crippen LogP contribution < -0.4 is 5.32 Å². The van der Waals surface area contributed by atoms with E-state index in [-0.39, 0.29) is 0 Å². The first-order valence-corrected chi connectivity index (χ1v) is 19.6. The highest BCUT2D eigenvalue weighted by atomic mass is 15.2. The quantitative estimate of drug-likeness (QED) is 0.196. The first-order valence-electron chi connectivity index (χ1n) is 19.6. The number of aliphatic imine (C=N–C) groups is 1. The van der Waals surface area contributed by atoms with Crippen LogP contribution in [0.1, 0.15) is 22.9 Å². The predicted molar refractivity (Wildman–Crippen MR) is 240 cm³/mol. The molecule has 3 heterocycles. The Morgan fingerprint density at radius 3 is 1.90 bits per heavy atom. The fourth-order valence-electron chi connectivity index (χ4n) is 9.34. The van der Waals surface area contributed by atoms with Gasteiger partial charge in [-0.15, -0.1) is 0 Å². The molecule has 1 N–H and O–H groups in total. The summed E-state index contributed by atoms with van der Waals surface area (Å²) in [4.78, 5) is 5.64. The Bertz CT molecular complexity index is 3560. The molecular weight excluding hydrogens is 707 g/mol. The lowest BCUT2D eigenvalue weighted by molar-refractivity contribution is 0.828. The number of hydrogen-bond donors (Lipinski definition) is 1. The van der Waals surface area contributed by atoms with E-state index < -0.39 is 6.17 Å². The van der Waals surface area contributed by atoms with E-state index in [0.717, 1.165) is 72.0 Å². The van der Waals surface area contributed by atoms with E-state index in [1.807, 2.05) is 24.3 Å². The number of nitrogens with one attached hydrogen (secondary N) is 1. The van der Waals surface area contributed by atoms with Gasteiger partial charge in [0.1, 0.15) is 12.0 Å². The summed E-state index contributed by atoms with van der Waals surface area (Å²) in [6, 6.07) is 69.2. The normalized spacial score (nSPS) is 13.9. The van der Waals surface area contributed by atoms with Crippen LogP contribution in [0.15, 0.2) is 193 Å². The standard InChI is InChI=1S/C53H33N5/c54-32-36-24-27-44(40-17-7-6-15-38(36)40)52-55-51-39-16-5-4-12-33(39)22-28-45(51)53(56-52)58-48-21-11-8-18-41(48)43-26-23-35(31-50(43)58)34-25-29-49-46(30-34)42-19-9-10-20-47(42)57(49)37-13-2-1-3-14-37/h1-31,52,55H. The molecule has 58 heavy (non-hydrogen) atoms. The third kappa shape index (κ3) is 4.73. The lowest BCUT2D eigenvalue weighted by Crippen LogP contribution is -2.25. The number of nitrogens with zero attached hydrogens (tertiary/aromatic N) is 4. The molecule has 2 aromatic heterocycles. The summed E-state index contributed by atoms with van der Waals surface area (Å²) in [5.41, 5.74) is 11.8. The lowest BCUT2D eigenvalue weighted by Gasteiger charge is -2.29. The number of nitriles is 1. The number of benzene rings is 9. The molecule has 1 unspecified atom stereocenters. The van der Waals surface area contributed by atoms with Crippen LogP contribution >= 0.6 is 0 Å². The molecular formula is C53H33N5. The van der Waals surface area contributed by atoms with Crippen molar-refractivity contribution in [2.24, 2.45) is 4.99 Å². The Labute approximate surface area is 334 Å². The van der Waals surface area contributed by atoms with Crippen LogP contribution in [0.4, 0.5) is 5.69 Å². The van der Waals surface area contributed by atoms with Gasteiger partial charge in [0, 0.05) is 43.7 Å². The van der Waals surface area contributed by atoms with Crippen molar-refractivity contribution in [1.29, 1.82) is 5.26 Å². The van der Waals surface area contributed by atoms with Crippen molar-refractivity contribution in [2.45, 2.75) is 6.17 Å². The van der Waals surface area contributed by atoms with E-state index in [4.69, 9.17) is 4.99 Å². The number of anilines is 1. The topological polar surface area (TPSA) is 58.0 Å². The van der Waals surface area contributed by atoms with Crippen LogP contribution in [0.25, 0.3) is 82.0 Å². The van der Waals surface area contributed by atoms with Gasteiger partial charge in [0.05, 0.1) is 39.4 Å². The van der Waals surface area contributed by atoms with E-state index >= 15 is 0 Å². The molecule has 9 aromatic carbocycles. The van der Waals surface area contributed by atoms with Gasteiger partial charge in [-0.2, -0.15) is 5.26 Å². The van der Waals surface area contributed by atoms with Crippen LogP contribution in [0.2, 0.25) is 0 Å². The molecule has 12 rings (SSSR count). The largest absolute Gasteiger partial charge is 0.359 e. The van der Waals surface area contributed by atoms with Crippen molar-refractivity contribution in [3.05, 3.63) is 205 Å². The molecule has 0 aliphatic carbocycles. The van der Waals surface area contributed by atoms with E-state index in [1.54, 1.807) is 0 Å². The molecule has 0 saturated carbocycles. The van der Waals surface area contributed by atoms with Gasteiger partial charge < -0.3 is 9.88 Å². The third-order valence-corrected chi connectivity index (χ3v) is 12.0. The summed E-state index contributed by atoms with van der Waals surface area (Å²) in [6.45, 7) is 0. The summed E-state index contributed by atoms with van der Waals surface area (Å²) in [6.07, 6.45) is -0.408. The summed E-state index contributed by atoms with van der Waals surface area (Å²) in [5.74, 6) is 0.877. The van der Waals surface area contributed by atoms with Crippen molar-refractivity contribution >= 4 is 76.7 Å². The molecule has 11 aromatic rings. The van der Waals surface area contributed by atoms with Crippen LogP contribution in [0, 0.1) is 11.3 Å². The average Bonchev–Trinajstić information content (AvgIpc) is 3.80. The SMILES string of the molecule is N#Cc1ccc(C2N=C(n3c4ccccc4c4ccc(-c5ccc6c(c5)c5ccccc5n6-c5ccccc5)cc43)c3ccc4ccccc4c3N2)c2ccccc12. The molecule has 1 aliphatic heterocycles. The Hall–Kier alpha value is -7.94. The second-order valence-corrected chi connectivity index (χ2v) is 15.1. The van der Waals surface area contributed by atoms with Crippen LogP contribution in [0.3, 0.4) is 0 Å². The van der Waals surface area contributed by atoms with Gasteiger partial charge in [-0.25, -0.2) is 4.99 Å². The second-order valence-electron chi connectivity index (χ2n) is 15.1. The average molecular weight is 740 g/mol. The monoisotopic (exact) mass is 739 g/mol. The zero-order valence-electron chi connectivity index (χ0n) is 31.3. The molecule has 5 heteroatoms. The Kier molecular flexibility index (Phi) is 6.99. The van der Waals surface area contributed by atoms with Crippen molar-refractivity contribution < 1.29 is 0 Å². The summed E-state index contributed by atoms with van der Waals surface area (Å²) >= 11 is 0. The maximum atomic E-state index is 10.0. The molecule has 1 atom stereocenters. The van der Waals surface area contributed by atoms with E-state index in [2.05, 4.69) is 184 Å². The summed E-state index contributed by atoms with van der Waals surface area (Å²) < 4.78 is 4.72. The molecule has 1 aliphatic rings. The van der Waals surface area contributed by atoms with Gasteiger partial charge in [-0.1, -0.05) is 133 Å². The molecule has 0 bridgehead atoms. The number of aromatic nitrogens is 2. The minimum Gasteiger partial charge on any atom is -0.359 e. The van der Waals surface area contributed by atoms with E-state index in [1.165, 1.54) is 32.6 Å². The Balaban J connectivity index is 1.11. The second kappa shape index (κ2) is 12.5. The predicted octanol–water partition coefficient (Wildman–Crippen LogP) is 13.2. The van der Waals surface area contributed by atoms with Crippen molar-refractivity contribution in [3.63, 3.8) is 0 Å². The zero-order chi connectivity index (χ0) is 38.3. The minimum atomic E-state index is -0.408. The van der Waals surface area contributed by atoms with E-state index in [9.17, 15) is 5.26 Å². The number of fused-ring (bicyclic) bond motifs is 10. The van der Waals surface area contributed by atoms with Gasteiger partial charge in [-0.3, -0.25) is 4.57 Å². The first-order chi connectivity index (χ1) is 28.7. The maximum Gasteiger partial charge on any atom is 0.147 e. The Morgan fingerprint density at radius 1 is 0.466 bits per heavy atom. The van der Waals surface area contributed by atoms with Gasteiger partial charge in [0.2, 0.25) is 0 Å². The molecule has 0 amide bonds. The minimum absolute atomic E-state index is 0.408. The van der Waals surface area contributed by atoms with Crippen molar-refractivity contribution in [2.75, 3.05) is 5.32 Å². The molecule has 270 valence electrons. The fraction of sp³-hybridized carbons (Fsp3) is 0.0189.